The van der Waals surface area contributed by atoms with Crippen LogP contribution in [-0.4, -0.2) is 10.5 Å². The van der Waals surface area contributed by atoms with Crippen molar-refractivity contribution < 1.29 is 0 Å². The highest BCUT2D eigenvalue weighted by Gasteiger charge is 2.14. The number of nitrogens with zero attached hydrogens (tertiary/aromatic N) is 2. The Morgan fingerprint density at radius 3 is 2.57 bits per heavy atom. The van der Waals surface area contributed by atoms with Gasteiger partial charge in [-0.05, 0) is 38.1 Å². The van der Waals surface area contributed by atoms with Gasteiger partial charge in [0.2, 0.25) is 0 Å². The maximum absolute atomic E-state index is 10.5. The zero-order chi connectivity index (χ0) is 10.8. The third kappa shape index (κ3) is 2.96. The van der Waals surface area contributed by atoms with Crippen LogP contribution in [0.15, 0.2) is 17.3 Å². The SMILES string of the molecule is CC(C)(C)Nc1nc(Cl)ccc1N=O. The highest BCUT2D eigenvalue weighted by atomic mass is 35.5. The number of anilines is 1. The Hall–Kier alpha value is -1.16. The van der Waals surface area contributed by atoms with Crippen molar-refractivity contribution in [2.45, 2.75) is 26.3 Å². The number of hydrogen-bond donors (Lipinski definition) is 1. The summed E-state index contributed by atoms with van der Waals surface area (Å²) in [7, 11) is 0. The summed E-state index contributed by atoms with van der Waals surface area (Å²) in [6.45, 7) is 5.89. The lowest BCUT2D eigenvalue weighted by atomic mass is 10.1. The molecule has 0 fully saturated rings. The lowest BCUT2D eigenvalue weighted by Gasteiger charge is -2.21. The zero-order valence-electron chi connectivity index (χ0n) is 8.34. The Kier molecular flexibility index (Phi) is 3.06. The number of aromatic nitrogens is 1. The zero-order valence-corrected chi connectivity index (χ0v) is 9.09. The summed E-state index contributed by atoms with van der Waals surface area (Å²) in [4.78, 5) is 14.4. The van der Waals surface area contributed by atoms with Crippen LogP contribution in [0.5, 0.6) is 0 Å². The Morgan fingerprint density at radius 1 is 1.43 bits per heavy atom. The molecular formula is C9H12ClN3O. The highest BCUT2D eigenvalue weighted by Crippen LogP contribution is 2.26. The van der Waals surface area contributed by atoms with Crippen molar-refractivity contribution in [3.8, 4) is 0 Å². The van der Waals surface area contributed by atoms with E-state index in [1.165, 1.54) is 12.1 Å². The van der Waals surface area contributed by atoms with Crippen LogP contribution < -0.4 is 5.32 Å². The predicted octanol–water partition coefficient (Wildman–Crippen LogP) is 3.34. The molecule has 0 spiro atoms. The molecule has 0 bridgehead atoms. The van der Waals surface area contributed by atoms with Gasteiger partial charge in [0.25, 0.3) is 0 Å². The maximum Gasteiger partial charge on any atom is 0.157 e. The monoisotopic (exact) mass is 213 g/mol. The van der Waals surface area contributed by atoms with Crippen LogP contribution in [0.2, 0.25) is 5.15 Å². The van der Waals surface area contributed by atoms with Crippen LogP contribution in [0.3, 0.4) is 0 Å². The molecule has 4 nitrogen and oxygen atoms in total. The van der Waals surface area contributed by atoms with E-state index in [2.05, 4.69) is 15.5 Å². The molecule has 5 heteroatoms. The van der Waals surface area contributed by atoms with Crippen LogP contribution in [0.1, 0.15) is 20.8 Å². The van der Waals surface area contributed by atoms with Crippen molar-refractivity contribution in [1.82, 2.24) is 4.98 Å². The smallest absolute Gasteiger partial charge is 0.157 e. The standard InChI is InChI=1S/C9H12ClN3O/c1-9(2,3)12-8-6(13-14)4-5-7(10)11-8/h4-5H,1-3H3,(H,11,12). The van der Waals surface area contributed by atoms with Gasteiger partial charge in [-0.1, -0.05) is 11.6 Å². The average molecular weight is 214 g/mol. The summed E-state index contributed by atoms with van der Waals surface area (Å²) in [6.07, 6.45) is 0. The number of halogens is 1. The van der Waals surface area contributed by atoms with Gasteiger partial charge in [0, 0.05) is 5.54 Å². The van der Waals surface area contributed by atoms with Crippen LogP contribution in [0.25, 0.3) is 0 Å². The van der Waals surface area contributed by atoms with Gasteiger partial charge in [0.1, 0.15) is 10.8 Å². The molecule has 0 aliphatic heterocycles. The molecule has 0 aromatic carbocycles. The summed E-state index contributed by atoms with van der Waals surface area (Å²) in [5.74, 6) is 0.417. The molecular weight excluding hydrogens is 202 g/mol. The summed E-state index contributed by atoms with van der Waals surface area (Å²) in [6, 6.07) is 3.07. The highest BCUT2D eigenvalue weighted by molar-refractivity contribution is 6.29. The van der Waals surface area contributed by atoms with E-state index in [1.54, 1.807) is 0 Å². The first-order chi connectivity index (χ1) is 6.42. The summed E-state index contributed by atoms with van der Waals surface area (Å²) in [5.41, 5.74) is 0.0845. The number of hydrogen-bond acceptors (Lipinski definition) is 4. The molecule has 0 aliphatic carbocycles. The van der Waals surface area contributed by atoms with Gasteiger partial charge in [-0.3, -0.25) is 0 Å². The molecule has 1 aromatic heterocycles. The normalized spacial score (nSPS) is 11.1. The summed E-state index contributed by atoms with van der Waals surface area (Å²) in [5, 5.41) is 6.25. The van der Waals surface area contributed by atoms with Crippen LogP contribution in [0.4, 0.5) is 11.5 Å². The predicted molar refractivity (Wildman–Crippen MR) is 58.1 cm³/mol. The Labute approximate surface area is 87.7 Å². The van der Waals surface area contributed by atoms with Crippen molar-refractivity contribution >= 4 is 23.1 Å². The molecule has 1 rings (SSSR count). The van der Waals surface area contributed by atoms with Gasteiger partial charge in [-0.2, -0.15) is 0 Å². The molecule has 0 saturated heterocycles. The average Bonchev–Trinajstić information content (AvgIpc) is 2.01. The minimum Gasteiger partial charge on any atom is -0.364 e. The van der Waals surface area contributed by atoms with E-state index in [4.69, 9.17) is 11.6 Å². The maximum atomic E-state index is 10.5. The molecule has 0 atom stereocenters. The van der Waals surface area contributed by atoms with Gasteiger partial charge < -0.3 is 5.32 Å². The Morgan fingerprint density at radius 2 is 2.07 bits per heavy atom. The van der Waals surface area contributed by atoms with E-state index in [0.29, 0.717) is 11.0 Å². The van der Waals surface area contributed by atoms with Gasteiger partial charge in [-0.15, -0.1) is 4.91 Å². The Bertz CT molecular complexity index is 346. The molecule has 0 amide bonds. The molecule has 1 heterocycles. The molecule has 1 aromatic rings. The lowest BCUT2D eigenvalue weighted by molar-refractivity contribution is 0.630. The molecule has 76 valence electrons. The fourth-order valence-corrected chi connectivity index (χ4v) is 1.10. The number of rotatable bonds is 2. The van der Waals surface area contributed by atoms with E-state index in [-0.39, 0.29) is 11.2 Å². The van der Waals surface area contributed by atoms with Gasteiger partial charge >= 0.3 is 0 Å². The summed E-state index contributed by atoms with van der Waals surface area (Å²) >= 11 is 5.71. The second kappa shape index (κ2) is 3.92. The summed E-state index contributed by atoms with van der Waals surface area (Å²) < 4.78 is 0. The van der Waals surface area contributed by atoms with Crippen molar-refractivity contribution in [3.63, 3.8) is 0 Å². The van der Waals surface area contributed by atoms with E-state index in [1.807, 2.05) is 20.8 Å². The van der Waals surface area contributed by atoms with E-state index >= 15 is 0 Å². The first-order valence-corrected chi connectivity index (χ1v) is 4.58. The van der Waals surface area contributed by atoms with Gasteiger partial charge in [0.05, 0.1) is 0 Å². The minimum atomic E-state index is -0.183. The van der Waals surface area contributed by atoms with E-state index < -0.39 is 0 Å². The topological polar surface area (TPSA) is 54.4 Å². The number of nitrogens with one attached hydrogen (secondary N) is 1. The van der Waals surface area contributed by atoms with Crippen molar-refractivity contribution in [2.24, 2.45) is 5.18 Å². The van der Waals surface area contributed by atoms with Gasteiger partial charge in [-0.25, -0.2) is 4.98 Å². The van der Waals surface area contributed by atoms with E-state index in [0.717, 1.165) is 0 Å². The third-order valence-electron chi connectivity index (χ3n) is 1.43. The van der Waals surface area contributed by atoms with E-state index in [9.17, 15) is 4.91 Å². The second-order valence-corrected chi connectivity index (χ2v) is 4.36. The molecule has 0 radical (unpaired) electrons. The minimum absolute atomic E-state index is 0.183. The van der Waals surface area contributed by atoms with Crippen molar-refractivity contribution in [1.29, 1.82) is 0 Å². The molecule has 0 unspecified atom stereocenters. The molecule has 1 N–H and O–H groups in total. The van der Waals surface area contributed by atoms with Crippen LogP contribution in [-0.2, 0) is 0 Å². The fraction of sp³-hybridized carbons (Fsp3) is 0.444. The third-order valence-corrected chi connectivity index (χ3v) is 1.64. The first kappa shape index (κ1) is 10.9. The number of pyridine rings is 1. The van der Waals surface area contributed by atoms with Crippen molar-refractivity contribution in [2.75, 3.05) is 5.32 Å². The largest absolute Gasteiger partial charge is 0.364 e. The lowest BCUT2D eigenvalue weighted by Crippen LogP contribution is -2.26. The molecule has 0 aliphatic rings. The second-order valence-electron chi connectivity index (χ2n) is 3.97. The van der Waals surface area contributed by atoms with Crippen LogP contribution in [0, 0.1) is 4.91 Å². The quantitative estimate of drug-likeness (QED) is 0.606. The van der Waals surface area contributed by atoms with Crippen LogP contribution >= 0.6 is 11.6 Å². The van der Waals surface area contributed by atoms with Crippen molar-refractivity contribution in [3.05, 3.63) is 22.2 Å². The molecule has 0 saturated carbocycles. The fourth-order valence-electron chi connectivity index (χ4n) is 0.949. The molecule has 14 heavy (non-hydrogen) atoms. The Balaban J connectivity index is 3.05. The number of nitroso groups, excluding NO2 is 1. The first-order valence-electron chi connectivity index (χ1n) is 4.20. The van der Waals surface area contributed by atoms with Gasteiger partial charge in [0.15, 0.2) is 5.82 Å².